The molecule has 1 aliphatic carbocycles. The highest BCUT2D eigenvalue weighted by Crippen LogP contribution is 2.29. The first-order valence-electron chi connectivity index (χ1n) is 6.96. The van der Waals surface area contributed by atoms with Gasteiger partial charge in [0.15, 0.2) is 0 Å². The second-order valence-electron chi connectivity index (χ2n) is 5.19. The molecule has 0 aromatic rings. The lowest BCUT2D eigenvalue weighted by Crippen LogP contribution is -2.58. The van der Waals surface area contributed by atoms with Crippen molar-refractivity contribution in [3.63, 3.8) is 0 Å². The van der Waals surface area contributed by atoms with Crippen LogP contribution in [0.2, 0.25) is 0 Å². The van der Waals surface area contributed by atoms with Gasteiger partial charge in [0.05, 0.1) is 25.3 Å². The van der Waals surface area contributed by atoms with E-state index in [-0.39, 0.29) is 31.3 Å². The van der Waals surface area contributed by atoms with Gasteiger partial charge in [0.2, 0.25) is 0 Å². The minimum absolute atomic E-state index is 0.0138. The molecule has 2 rings (SSSR count). The molecule has 6 nitrogen and oxygen atoms in total. The summed E-state index contributed by atoms with van der Waals surface area (Å²) in [7, 11) is 0. The number of hydrogen-bond acceptors (Lipinski definition) is 3. The zero-order chi connectivity index (χ0) is 14.5. The van der Waals surface area contributed by atoms with Crippen molar-refractivity contribution in [3.05, 3.63) is 0 Å². The van der Waals surface area contributed by atoms with Crippen LogP contribution in [0, 0.1) is 12.3 Å². The number of carbonyl (C=O) groups is 2. The average molecular weight is 280 g/mol. The Morgan fingerprint density at radius 1 is 1.40 bits per heavy atom. The van der Waals surface area contributed by atoms with Crippen LogP contribution >= 0.6 is 0 Å². The molecule has 1 heterocycles. The summed E-state index contributed by atoms with van der Waals surface area (Å²) >= 11 is 0. The van der Waals surface area contributed by atoms with Gasteiger partial charge in [0, 0.05) is 6.54 Å². The third-order valence-electron chi connectivity index (χ3n) is 3.86. The summed E-state index contributed by atoms with van der Waals surface area (Å²) in [4.78, 5) is 26.3. The van der Waals surface area contributed by atoms with Gasteiger partial charge in [-0.2, -0.15) is 0 Å². The Labute approximate surface area is 118 Å². The predicted octanol–water partition coefficient (Wildman–Crippen LogP) is 0.770. The van der Waals surface area contributed by atoms with Crippen molar-refractivity contribution in [2.24, 2.45) is 0 Å². The summed E-state index contributed by atoms with van der Waals surface area (Å²) in [6.45, 7) is 0.655. The maximum atomic E-state index is 12.5. The van der Waals surface area contributed by atoms with Crippen molar-refractivity contribution in [1.82, 2.24) is 9.80 Å². The number of ether oxygens (including phenoxy) is 1. The maximum Gasteiger partial charge on any atom is 0.323 e. The second-order valence-corrected chi connectivity index (χ2v) is 5.19. The highest BCUT2D eigenvalue weighted by Gasteiger charge is 2.38. The zero-order valence-corrected chi connectivity index (χ0v) is 11.5. The Morgan fingerprint density at radius 2 is 2.15 bits per heavy atom. The molecule has 2 atom stereocenters. The van der Waals surface area contributed by atoms with Crippen LogP contribution in [-0.4, -0.2) is 65.3 Å². The molecule has 1 aliphatic heterocycles. The molecular formula is C14H20N2O4. The zero-order valence-electron chi connectivity index (χ0n) is 11.5. The Kier molecular flexibility index (Phi) is 4.85. The highest BCUT2D eigenvalue weighted by molar-refractivity contribution is 5.80. The number of carboxylic acids is 1. The van der Waals surface area contributed by atoms with Crippen molar-refractivity contribution in [1.29, 1.82) is 0 Å². The van der Waals surface area contributed by atoms with Gasteiger partial charge in [-0.15, -0.1) is 6.42 Å². The van der Waals surface area contributed by atoms with Crippen LogP contribution in [0.3, 0.4) is 0 Å². The van der Waals surface area contributed by atoms with E-state index in [1.165, 1.54) is 4.90 Å². The number of urea groups is 1. The van der Waals surface area contributed by atoms with Crippen molar-refractivity contribution in [2.75, 3.05) is 26.2 Å². The minimum atomic E-state index is -1.05. The molecular weight excluding hydrogens is 260 g/mol. The van der Waals surface area contributed by atoms with E-state index in [0.29, 0.717) is 13.2 Å². The smallest absolute Gasteiger partial charge is 0.323 e. The van der Waals surface area contributed by atoms with Crippen LogP contribution in [0.5, 0.6) is 0 Å². The first-order chi connectivity index (χ1) is 9.63. The number of amides is 2. The third-order valence-corrected chi connectivity index (χ3v) is 3.86. The molecule has 2 amide bonds. The Hall–Kier alpha value is -1.74. The molecule has 2 aliphatic rings. The van der Waals surface area contributed by atoms with Crippen LogP contribution in [0.4, 0.5) is 4.79 Å². The number of fused-ring (bicyclic) bond motifs is 1. The lowest BCUT2D eigenvalue weighted by molar-refractivity contribution is -0.137. The van der Waals surface area contributed by atoms with Gasteiger partial charge in [0.1, 0.15) is 6.54 Å². The van der Waals surface area contributed by atoms with Crippen LogP contribution < -0.4 is 0 Å². The third kappa shape index (κ3) is 3.23. The summed E-state index contributed by atoms with van der Waals surface area (Å²) in [6, 6.07) is -0.232. The van der Waals surface area contributed by atoms with E-state index in [0.717, 1.165) is 25.7 Å². The molecule has 1 N–H and O–H groups in total. The summed E-state index contributed by atoms with van der Waals surface area (Å²) in [5.41, 5.74) is 0. The van der Waals surface area contributed by atoms with Gasteiger partial charge in [0.25, 0.3) is 0 Å². The normalized spacial score (nSPS) is 25.4. The fourth-order valence-corrected chi connectivity index (χ4v) is 2.98. The number of terminal acetylenes is 1. The molecule has 0 spiro atoms. The topological polar surface area (TPSA) is 70.1 Å². The van der Waals surface area contributed by atoms with Crippen LogP contribution in [0.25, 0.3) is 0 Å². The predicted molar refractivity (Wildman–Crippen MR) is 72.1 cm³/mol. The van der Waals surface area contributed by atoms with Crippen LogP contribution in [0.1, 0.15) is 25.7 Å². The van der Waals surface area contributed by atoms with E-state index < -0.39 is 5.97 Å². The van der Waals surface area contributed by atoms with E-state index in [2.05, 4.69) is 5.92 Å². The van der Waals surface area contributed by atoms with E-state index in [9.17, 15) is 9.59 Å². The number of hydrogen-bond donors (Lipinski definition) is 1. The van der Waals surface area contributed by atoms with Gasteiger partial charge >= 0.3 is 12.0 Å². The molecule has 2 unspecified atom stereocenters. The molecule has 110 valence electrons. The molecule has 0 bridgehead atoms. The number of rotatable bonds is 3. The minimum Gasteiger partial charge on any atom is -0.480 e. The van der Waals surface area contributed by atoms with Crippen molar-refractivity contribution in [3.8, 4) is 12.3 Å². The van der Waals surface area contributed by atoms with E-state index in [1.54, 1.807) is 4.90 Å². The summed E-state index contributed by atoms with van der Waals surface area (Å²) < 4.78 is 5.71. The van der Waals surface area contributed by atoms with Gasteiger partial charge in [-0.05, 0) is 12.8 Å². The van der Waals surface area contributed by atoms with Crippen LogP contribution in [-0.2, 0) is 9.53 Å². The first kappa shape index (κ1) is 14.7. The SMILES string of the molecule is C#CCN(CC(=O)O)C(=O)N1CCOC2CCCCC21. The number of nitrogens with zero attached hydrogens (tertiary/aromatic N) is 2. The van der Waals surface area contributed by atoms with Gasteiger partial charge in [-0.3, -0.25) is 4.79 Å². The lowest BCUT2D eigenvalue weighted by atomic mass is 9.90. The number of morpholine rings is 1. The Bertz CT molecular complexity index is 416. The average Bonchev–Trinajstić information content (AvgIpc) is 2.45. The van der Waals surface area contributed by atoms with Gasteiger partial charge < -0.3 is 19.6 Å². The Balaban J connectivity index is 2.08. The summed E-state index contributed by atoms with van der Waals surface area (Å²) in [5, 5.41) is 8.88. The highest BCUT2D eigenvalue weighted by atomic mass is 16.5. The summed E-state index contributed by atoms with van der Waals surface area (Å²) in [6.07, 6.45) is 9.37. The van der Waals surface area contributed by atoms with Gasteiger partial charge in [-0.1, -0.05) is 18.8 Å². The molecule has 1 saturated carbocycles. The van der Waals surface area contributed by atoms with Crippen molar-refractivity contribution >= 4 is 12.0 Å². The van der Waals surface area contributed by atoms with E-state index >= 15 is 0 Å². The quantitative estimate of drug-likeness (QED) is 0.775. The lowest BCUT2D eigenvalue weighted by Gasteiger charge is -2.44. The fourth-order valence-electron chi connectivity index (χ4n) is 2.98. The van der Waals surface area contributed by atoms with Crippen molar-refractivity contribution in [2.45, 2.75) is 37.8 Å². The maximum absolute atomic E-state index is 12.5. The number of aliphatic carboxylic acids is 1. The number of carboxylic acid groups (broad SMARTS) is 1. The molecule has 1 saturated heterocycles. The summed E-state index contributed by atoms with van der Waals surface area (Å²) in [5.74, 6) is 1.30. The molecule has 6 heteroatoms. The monoisotopic (exact) mass is 280 g/mol. The standard InChI is InChI=1S/C14H20N2O4/c1-2-7-15(10-13(17)18)14(19)16-8-9-20-12-6-4-3-5-11(12)16/h1,11-12H,3-10H2,(H,17,18). The van der Waals surface area contributed by atoms with Gasteiger partial charge in [-0.25, -0.2) is 4.79 Å². The Morgan fingerprint density at radius 3 is 2.85 bits per heavy atom. The fraction of sp³-hybridized carbons (Fsp3) is 0.714. The van der Waals surface area contributed by atoms with Crippen molar-refractivity contribution < 1.29 is 19.4 Å². The largest absolute Gasteiger partial charge is 0.480 e. The van der Waals surface area contributed by atoms with E-state index in [4.69, 9.17) is 16.3 Å². The molecule has 0 aromatic carbocycles. The molecule has 2 fully saturated rings. The molecule has 0 aromatic heterocycles. The van der Waals surface area contributed by atoms with E-state index in [1.807, 2.05) is 0 Å². The first-order valence-corrected chi connectivity index (χ1v) is 6.96. The van der Waals surface area contributed by atoms with Crippen LogP contribution in [0.15, 0.2) is 0 Å². The molecule has 0 radical (unpaired) electrons. The number of carbonyl (C=O) groups excluding carboxylic acids is 1. The second kappa shape index (κ2) is 6.62. The molecule has 20 heavy (non-hydrogen) atoms.